The van der Waals surface area contributed by atoms with Crippen LogP contribution in [0.1, 0.15) is 33.9 Å². The van der Waals surface area contributed by atoms with E-state index in [-0.39, 0.29) is 11.6 Å². The van der Waals surface area contributed by atoms with Crippen LogP contribution in [-0.2, 0) is 6.42 Å². The smallest absolute Gasteiger partial charge is 0.337 e. The van der Waals surface area contributed by atoms with E-state index in [2.05, 4.69) is 0 Å². The maximum Gasteiger partial charge on any atom is 0.337 e. The molecule has 74 valence electrons. The van der Waals surface area contributed by atoms with Crippen molar-refractivity contribution in [2.75, 3.05) is 5.73 Å². The molecule has 14 heavy (non-hydrogen) atoms. The lowest BCUT2D eigenvalue weighted by Gasteiger charge is -2.08. The Morgan fingerprint density at radius 1 is 1.50 bits per heavy atom. The summed E-state index contributed by atoms with van der Waals surface area (Å²) in [6, 6.07) is 3.29. The predicted octanol–water partition coefficient (Wildman–Crippen LogP) is 0.913. The Kier molecular flexibility index (Phi) is 1.93. The van der Waals surface area contributed by atoms with Gasteiger partial charge in [0.05, 0.1) is 5.56 Å². The zero-order valence-corrected chi connectivity index (χ0v) is 7.66. The van der Waals surface area contributed by atoms with Gasteiger partial charge in [0, 0.05) is 11.7 Å². The number of aryl methyl sites for hydroxylation is 1. The Balaban J connectivity index is 2.57. The second-order valence-corrected chi connectivity index (χ2v) is 3.59. The number of anilines is 1. The number of aromatic carboxylic acids is 1. The Bertz CT molecular complexity index is 401. The van der Waals surface area contributed by atoms with Gasteiger partial charge in [0.2, 0.25) is 0 Å². The summed E-state index contributed by atoms with van der Waals surface area (Å²) in [7, 11) is 0. The molecule has 0 aliphatic heterocycles. The molecule has 0 saturated carbocycles. The molecule has 4 nitrogen and oxygen atoms in total. The number of fused-ring (bicyclic) bond motifs is 1. The van der Waals surface area contributed by atoms with Gasteiger partial charge in [0.15, 0.2) is 0 Å². The molecule has 1 aliphatic carbocycles. The fraction of sp³-hybridized carbons (Fsp3) is 0.300. The van der Waals surface area contributed by atoms with Gasteiger partial charge in [-0.1, -0.05) is 0 Å². The second-order valence-electron chi connectivity index (χ2n) is 3.59. The van der Waals surface area contributed by atoms with Gasteiger partial charge in [-0.15, -0.1) is 0 Å². The third-order valence-electron chi connectivity index (χ3n) is 2.67. The van der Waals surface area contributed by atoms with Crippen molar-refractivity contribution in [3.63, 3.8) is 0 Å². The lowest BCUT2D eigenvalue weighted by molar-refractivity contribution is 0.0698. The SMILES string of the molecule is Nc1cc2c(cc1C(=O)O)C(N)CC2. The summed E-state index contributed by atoms with van der Waals surface area (Å²) in [6.07, 6.45) is 1.76. The molecule has 1 aromatic rings. The molecule has 0 fully saturated rings. The van der Waals surface area contributed by atoms with E-state index in [9.17, 15) is 4.79 Å². The minimum atomic E-state index is -0.996. The molecule has 0 radical (unpaired) electrons. The van der Waals surface area contributed by atoms with Crippen LogP contribution in [0.2, 0.25) is 0 Å². The fourth-order valence-electron chi connectivity index (χ4n) is 1.89. The highest BCUT2D eigenvalue weighted by Gasteiger charge is 2.22. The van der Waals surface area contributed by atoms with Crippen molar-refractivity contribution >= 4 is 11.7 Å². The molecule has 2 rings (SSSR count). The number of nitrogens with two attached hydrogens (primary N) is 2. The normalized spacial score (nSPS) is 19.4. The molecule has 0 bridgehead atoms. The first kappa shape index (κ1) is 9.02. The van der Waals surface area contributed by atoms with Crippen molar-refractivity contribution in [2.45, 2.75) is 18.9 Å². The summed E-state index contributed by atoms with van der Waals surface area (Å²) >= 11 is 0. The van der Waals surface area contributed by atoms with E-state index in [4.69, 9.17) is 16.6 Å². The van der Waals surface area contributed by atoms with Crippen molar-refractivity contribution in [1.82, 2.24) is 0 Å². The molecule has 0 saturated heterocycles. The van der Waals surface area contributed by atoms with E-state index < -0.39 is 5.97 Å². The van der Waals surface area contributed by atoms with Crippen molar-refractivity contribution < 1.29 is 9.90 Å². The summed E-state index contributed by atoms with van der Waals surface area (Å²) in [6.45, 7) is 0. The van der Waals surface area contributed by atoms with E-state index in [0.717, 1.165) is 24.0 Å². The predicted molar refractivity (Wildman–Crippen MR) is 53.1 cm³/mol. The lowest BCUT2D eigenvalue weighted by Crippen LogP contribution is -2.08. The van der Waals surface area contributed by atoms with Crippen molar-refractivity contribution in [1.29, 1.82) is 0 Å². The van der Waals surface area contributed by atoms with Crippen LogP contribution in [0, 0.1) is 0 Å². The molecular weight excluding hydrogens is 180 g/mol. The van der Waals surface area contributed by atoms with Crippen LogP contribution < -0.4 is 11.5 Å². The zero-order valence-electron chi connectivity index (χ0n) is 7.66. The standard InChI is InChI=1S/C10H12N2O2/c11-8-2-1-5-3-9(12)7(10(13)14)4-6(5)8/h3-4,8H,1-2,11-12H2,(H,13,14). The van der Waals surface area contributed by atoms with Gasteiger partial charge in [0.1, 0.15) is 0 Å². The van der Waals surface area contributed by atoms with Gasteiger partial charge >= 0.3 is 5.97 Å². The first-order chi connectivity index (χ1) is 6.59. The van der Waals surface area contributed by atoms with Crippen LogP contribution in [0.5, 0.6) is 0 Å². The van der Waals surface area contributed by atoms with Crippen LogP contribution in [-0.4, -0.2) is 11.1 Å². The average molecular weight is 192 g/mol. The number of carbonyl (C=O) groups is 1. The first-order valence-corrected chi connectivity index (χ1v) is 4.50. The van der Waals surface area contributed by atoms with Gasteiger partial charge in [-0.05, 0) is 36.1 Å². The van der Waals surface area contributed by atoms with E-state index in [1.807, 2.05) is 0 Å². The number of nitrogen functional groups attached to an aromatic ring is 1. The molecule has 0 spiro atoms. The van der Waals surface area contributed by atoms with Gasteiger partial charge in [-0.25, -0.2) is 4.79 Å². The van der Waals surface area contributed by atoms with Crippen molar-refractivity contribution in [2.24, 2.45) is 5.73 Å². The third kappa shape index (κ3) is 1.24. The molecule has 1 atom stereocenters. The molecule has 1 aliphatic rings. The number of carboxylic acids is 1. The van der Waals surface area contributed by atoms with Crippen LogP contribution in [0.25, 0.3) is 0 Å². The monoisotopic (exact) mass is 192 g/mol. The van der Waals surface area contributed by atoms with Crippen molar-refractivity contribution in [3.8, 4) is 0 Å². The number of hydrogen-bond donors (Lipinski definition) is 3. The molecule has 1 unspecified atom stereocenters. The highest BCUT2D eigenvalue weighted by atomic mass is 16.4. The summed E-state index contributed by atoms with van der Waals surface area (Å²) in [5.74, 6) is -0.996. The third-order valence-corrected chi connectivity index (χ3v) is 2.67. The molecule has 0 heterocycles. The van der Waals surface area contributed by atoms with E-state index in [0.29, 0.717) is 5.69 Å². The highest BCUT2D eigenvalue weighted by Crippen LogP contribution is 2.32. The summed E-state index contributed by atoms with van der Waals surface area (Å²) in [5, 5.41) is 8.86. The number of carboxylic acid groups (broad SMARTS) is 1. The molecule has 5 N–H and O–H groups in total. The molecule has 0 amide bonds. The van der Waals surface area contributed by atoms with Crippen LogP contribution in [0.15, 0.2) is 12.1 Å². The Morgan fingerprint density at radius 2 is 2.21 bits per heavy atom. The Labute approximate surface area is 81.5 Å². The van der Waals surface area contributed by atoms with Crippen molar-refractivity contribution in [3.05, 3.63) is 28.8 Å². The molecule has 4 heteroatoms. The quantitative estimate of drug-likeness (QED) is 0.577. The Hall–Kier alpha value is -1.55. The average Bonchev–Trinajstić information content (AvgIpc) is 2.46. The molecule has 1 aromatic carbocycles. The van der Waals surface area contributed by atoms with Gasteiger partial charge in [0.25, 0.3) is 0 Å². The van der Waals surface area contributed by atoms with E-state index >= 15 is 0 Å². The molecule has 0 aromatic heterocycles. The van der Waals surface area contributed by atoms with Crippen LogP contribution in [0.3, 0.4) is 0 Å². The maximum atomic E-state index is 10.8. The van der Waals surface area contributed by atoms with E-state index in [1.54, 1.807) is 12.1 Å². The fourth-order valence-corrected chi connectivity index (χ4v) is 1.89. The van der Waals surface area contributed by atoms with Crippen LogP contribution in [0.4, 0.5) is 5.69 Å². The van der Waals surface area contributed by atoms with Gasteiger partial charge in [-0.2, -0.15) is 0 Å². The van der Waals surface area contributed by atoms with Gasteiger partial charge < -0.3 is 16.6 Å². The maximum absolute atomic E-state index is 10.8. The number of hydrogen-bond acceptors (Lipinski definition) is 3. The van der Waals surface area contributed by atoms with Crippen LogP contribution >= 0.6 is 0 Å². The highest BCUT2D eigenvalue weighted by molar-refractivity contribution is 5.94. The molecular formula is C10H12N2O2. The topological polar surface area (TPSA) is 89.3 Å². The Morgan fingerprint density at radius 3 is 2.86 bits per heavy atom. The largest absolute Gasteiger partial charge is 0.478 e. The zero-order chi connectivity index (χ0) is 10.3. The van der Waals surface area contributed by atoms with Gasteiger partial charge in [-0.3, -0.25) is 0 Å². The summed E-state index contributed by atoms with van der Waals surface area (Å²) in [5.41, 5.74) is 13.9. The number of rotatable bonds is 1. The summed E-state index contributed by atoms with van der Waals surface area (Å²) in [4.78, 5) is 10.8. The number of benzene rings is 1. The minimum absolute atomic E-state index is 0.0382. The minimum Gasteiger partial charge on any atom is -0.478 e. The van der Waals surface area contributed by atoms with E-state index in [1.165, 1.54) is 0 Å². The lowest BCUT2D eigenvalue weighted by atomic mass is 10.0. The second kappa shape index (κ2) is 2.99. The first-order valence-electron chi connectivity index (χ1n) is 4.50. The summed E-state index contributed by atoms with van der Waals surface area (Å²) < 4.78 is 0.